The Morgan fingerprint density at radius 2 is 0.844 bits per heavy atom. The molecule has 0 unspecified atom stereocenters. The molecular weight excluding hydrogens is 416 g/mol. The Hall–Kier alpha value is -2.52. The summed E-state index contributed by atoms with van der Waals surface area (Å²) in [6.07, 6.45) is 0. The maximum absolute atomic E-state index is 5.66. The van der Waals surface area contributed by atoms with Crippen molar-refractivity contribution in [1.82, 2.24) is 0 Å². The third-order valence-electron chi connectivity index (χ3n) is 4.61. The minimum Gasteiger partial charge on any atom is -0.497 e. The molecule has 178 valence electrons. The Kier molecular flexibility index (Phi) is 12.3. The van der Waals surface area contributed by atoms with E-state index in [9.17, 15) is 0 Å². The first-order valence-electron chi connectivity index (χ1n) is 10.4. The summed E-state index contributed by atoms with van der Waals surface area (Å²) in [7, 11) is 6.53. The van der Waals surface area contributed by atoms with Crippen molar-refractivity contribution in [2.24, 2.45) is 0 Å². The zero-order chi connectivity index (χ0) is 23.0. The summed E-state index contributed by atoms with van der Waals surface area (Å²) in [5.41, 5.74) is 1.86. The Balaban J connectivity index is 1.49. The van der Waals surface area contributed by atoms with Crippen molar-refractivity contribution in [3.63, 3.8) is 0 Å². The maximum atomic E-state index is 5.66. The highest BCUT2D eigenvalue weighted by atomic mass is 16.6. The molecule has 0 aliphatic carbocycles. The van der Waals surface area contributed by atoms with Gasteiger partial charge in [0.1, 0.15) is 23.0 Å². The fourth-order valence-electron chi connectivity index (χ4n) is 2.91. The van der Waals surface area contributed by atoms with Crippen molar-refractivity contribution < 1.29 is 37.9 Å². The topological polar surface area (TPSA) is 73.8 Å². The second kappa shape index (κ2) is 15.3. The summed E-state index contributed by atoms with van der Waals surface area (Å²) in [5, 5.41) is 0. The van der Waals surface area contributed by atoms with Gasteiger partial charge < -0.3 is 37.9 Å². The third-order valence-corrected chi connectivity index (χ3v) is 4.61. The summed E-state index contributed by atoms with van der Waals surface area (Å²) in [6, 6.07) is 11.2. The van der Waals surface area contributed by atoms with Gasteiger partial charge in [-0.05, 0) is 36.4 Å². The summed E-state index contributed by atoms with van der Waals surface area (Å²) in [6.45, 7) is 3.78. The van der Waals surface area contributed by atoms with Crippen molar-refractivity contribution in [2.45, 2.75) is 13.2 Å². The molecule has 2 aromatic carbocycles. The van der Waals surface area contributed by atoms with E-state index in [1.807, 2.05) is 36.4 Å². The van der Waals surface area contributed by atoms with Gasteiger partial charge in [-0.15, -0.1) is 0 Å². The SMILES string of the molecule is COc1ccc(OC)c(COCCOCCOCCOCc2cc(OC)ccc2OC)c1. The van der Waals surface area contributed by atoms with Gasteiger partial charge in [-0.2, -0.15) is 0 Å². The van der Waals surface area contributed by atoms with Gasteiger partial charge >= 0.3 is 0 Å². The molecule has 32 heavy (non-hydrogen) atoms. The molecule has 0 N–H and O–H groups in total. The fourth-order valence-corrected chi connectivity index (χ4v) is 2.91. The summed E-state index contributed by atoms with van der Waals surface area (Å²) >= 11 is 0. The quantitative estimate of drug-likeness (QED) is 0.339. The van der Waals surface area contributed by atoms with Gasteiger partial charge in [0, 0.05) is 11.1 Å². The number of rotatable bonds is 17. The molecule has 0 fully saturated rings. The lowest BCUT2D eigenvalue weighted by Gasteiger charge is -2.12. The number of methoxy groups -OCH3 is 4. The predicted molar refractivity (Wildman–Crippen MR) is 120 cm³/mol. The van der Waals surface area contributed by atoms with E-state index in [0.717, 1.165) is 34.1 Å². The molecule has 0 aliphatic heterocycles. The van der Waals surface area contributed by atoms with Crippen LogP contribution < -0.4 is 18.9 Å². The van der Waals surface area contributed by atoms with Crippen LogP contribution in [0.15, 0.2) is 36.4 Å². The van der Waals surface area contributed by atoms with Crippen LogP contribution in [0.2, 0.25) is 0 Å². The van der Waals surface area contributed by atoms with Gasteiger partial charge in [-0.1, -0.05) is 0 Å². The molecule has 0 spiro atoms. The van der Waals surface area contributed by atoms with Gasteiger partial charge in [0.15, 0.2) is 0 Å². The van der Waals surface area contributed by atoms with Crippen LogP contribution >= 0.6 is 0 Å². The summed E-state index contributed by atoms with van der Waals surface area (Å²) in [4.78, 5) is 0. The molecule has 0 heterocycles. The Morgan fingerprint density at radius 3 is 1.19 bits per heavy atom. The second-order valence-corrected chi connectivity index (χ2v) is 6.69. The first kappa shape index (κ1) is 25.7. The monoisotopic (exact) mass is 450 g/mol. The molecular formula is C24H34O8. The van der Waals surface area contributed by atoms with Crippen LogP contribution in [0, 0.1) is 0 Å². The average molecular weight is 451 g/mol. The molecule has 0 aromatic heterocycles. The molecule has 0 saturated carbocycles. The van der Waals surface area contributed by atoms with Gasteiger partial charge in [0.25, 0.3) is 0 Å². The second-order valence-electron chi connectivity index (χ2n) is 6.69. The Bertz CT molecular complexity index is 715. The largest absolute Gasteiger partial charge is 0.497 e. The predicted octanol–water partition coefficient (Wildman–Crippen LogP) is 3.49. The maximum Gasteiger partial charge on any atom is 0.124 e. The molecule has 8 nitrogen and oxygen atoms in total. The summed E-state index contributed by atoms with van der Waals surface area (Å²) in [5.74, 6) is 3.08. The molecule has 0 aliphatic rings. The Morgan fingerprint density at radius 1 is 0.469 bits per heavy atom. The van der Waals surface area contributed by atoms with Crippen molar-refractivity contribution in [3.05, 3.63) is 47.5 Å². The van der Waals surface area contributed by atoms with E-state index in [-0.39, 0.29) is 0 Å². The average Bonchev–Trinajstić information content (AvgIpc) is 2.84. The molecule has 0 atom stereocenters. The van der Waals surface area contributed by atoms with Gasteiger partial charge in [-0.3, -0.25) is 0 Å². The van der Waals surface area contributed by atoms with E-state index < -0.39 is 0 Å². The lowest BCUT2D eigenvalue weighted by Crippen LogP contribution is -2.12. The lowest BCUT2D eigenvalue weighted by atomic mass is 10.2. The van der Waals surface area contributed by atoms with Crippen LogP contribution in [0.5, 0.6) is 23.0 Å². The van der Waals surface area contributed by atoms with E-state index in [0.29, 0.717) is 52.9 Å². The van der Waals surface area contributed by atoms with Crippen LogP contribution in [-0.2, 0) is 32.2 Å². The van der Waals surface area contributed by atoms with Crippen molar-refractivity contribution in [3.8, 4) is 23.0 Å². The molecule has 2 rings (SSSR count). The van der Waals surface area contributed by atoms with E-state index in [4.69, 9.17) is 37.9 Å². The van der Waals surface area contributed by atoms with Crippen molar-refractivity contribution in [2.75, 3.05) is 68.1 Å². The Labute approximate surface area is 190 Å². The van der Waals surface area contributed by atoms with E-state index >= 15 is 0 Å². The van der Waals surface area contributed by atoms with Crippen LogP contribution in [0.25, 0.3) is 0 Å². The molecule has 0 saturated heterocycles. The standard InChI is InChI=1S/C24H34O8/c1-25-21-5-7-23(27-3)19(15-21)17-31-13-11-29-9-10-30-12-14-32-18-20-16-22(26-2)6-8-24(20)28-4/h5-8,15-16H,9-14,17-18H2,1-4H3. The first-order valence-corrected chi connectivity index (χ1v) is 10.4. The van der Waals surface area contributed by atoms with Crippen LogP contribution in [0.1, 0.15) is 11.1 Å². The van der Waals surface area contributed by atoms with Crippen LogP contribution in [0.4, 0.5) is 0 Å². The van der Waals surface area contributed by atoms with Gasteiger partial charge in [0.2, 0.25) is 0 Å². The third kappa shape index (κ3) is 8.92. The minimum atomic E-state index is 0.426. The minimum absolute atomic E-state index is 0.426. The van der Waals surface area contributed by atoms with Crippen LogP contribution in [-0.4, -0.2) is 68.1 Å². The molecule has 0 radical (unpaired) electrons. The van der Waals surface area contributed by atoms with Gasteiger partial charge in [-0.25, -0.2) is 0 Å². The number of ether oxygens (including phenoxy) is 8. The van der Waals surface area contributed by atoms with Crippen LogP contribution in [0.3, 0.4) is 0 Å². The first-order chi connectivity index (χ1) is 15.7. The van der Waals surface area contributed by atoms with Crippen molar-refractivity contribution >= 4 is 0 Å². The number of benzene rings is 2. The van der Waals surface area contributed by atoms with Gasteiger partial charge in [0.05, 0.1) is 81.3 Å². The lowest BCUT2D eigenvalue weighted by molar-refractivity contribution is -0.00650. The molecule has 0 amide bonds. The van der Waals surface area contributed by atoms with Crippen molar-refractivity contribution in [1.29, 1.82) is 0 Å². The highest BCUT2D eigenvalue weighted by Gasteiger charge is 2.06. The highest BCUT2D eigenvalue weighted by Crippen LogP contribution is 2.25. The zero-order valence-electron chi connectivity index (χ0n) is 19.4. The van der Waals surface area contributed by atoms with E-state index in [2.05, 4.69) is 0 Å². The normalized spacial score (nSPS) is 10.8. The zero-order valence-corrected chi connectivity index (χ0v) is 19.4. The molecule has 0 bridgehead atoms. The van der Waals surface area contributed by atoms with E-state index in [1.165, 1.54) is 0 Å². The smallest absolute Gasteiger partial charge is 0.124 e. The van der Waals surface area contributed by atoms with E-state index in [1.54, 1.807) is 28.4 Å². The summed E-state index contributed by atoms with van der Waals surface area (Å²) < 4.78 is 43.5. The highest BCUT2D eigenvalue weighted by molar-refractivity contribution is 5.40. The molecule has 8 heteroatoms. The number of hydrogen-bond donors (Lipinski definition) is 0. The fraction of sp³-hybridized carbons (Fsp3) is 0.500. The molecule has 2 aromatic rings. The number of hydrogen-bond acceptors (Lipinski definition) is 8.